The second-order valence-corrected chi connectivity index (χ2v) is 10.0. The van der Waals surface area contributed by atoms with E-state index in [1.54, 1.807) is 31.2 Å². The third kappa shape index (κ3) is 7.67. The third-order valence-corrected chi connectivity index (χ3v) is 6.60. The number of nitro benzene ring substituents is 1. The number of nitrogens with zero attached hydrogens (tertiary/aromatic N) is 3. The number of rotatable bonds is 13. The zero-order valence-electron chi connectivity index (χ0n) is 20.8. The monoisotopic (exact) mass is 520 g/mol. The molecule has 36 heavy (non-hydrogen) atoms. The molecule has 0 aromatic heterocycles. The molecule has 0 saturated carbocycles. The van der Waals surface area contributed by atoms with Crippen LogP contribution in [-0.4, -0.2) is 62.6 Å². The number of anilines is 1. The molecule has 2 amide bonds. The molecule has 2 rings (SSSR count). The first-order valence-electron chi connectivity index (χ1n) is 11.4. The summed E-state index contributed by atoms with van der Waals surface area (Å²) < 4.78 is 31.2. The predicted molar refractivity (Wildman–Crippen MR) is 136 cm³/mol. The Hall–Kier alpha value is -3.67. The van der Waals surface area contributed by atoms with Gasteiger partial charge in [0.25, 0.3) is 5.69 Å². The molecule has 0 fully saturated rings. The number of benzene rings is 2. The minimum atomic E-state index is -3.99. The van der Waals surface area contributed by atoms with Crippen molar-refractivity contribution >= 4 is 33.2 Å². The number of nitrogens with one attached hydrogen (secondary N) is 1. The van der Waals surface area contributed by atoms with Crippen LogP contribution in [0.25, 0.3) is 0 Å². The van der Waals surface area contributed by atoms with Crippen LogP contribution in [0.4, 0.5) is 11.4 Å². The highest BCUT2D eigenvalue weighted by molar-refractivity contribution is 7.92. The molecule has 0 aliphatic carbocycles. The molecule has 0 aliphatic heterocycles. The van der Waals surface area contributed by atoms with Crippen molar-refractivity contribution in [2.75, 3.05) is 30.8 Å². The van der Waals surface area contributed by atoms with Crippen molar-refractivity contribution in [1.29, 1.82) is 0 Å². The van der Waals surface area contributed by atoms with Gasteiger partial charge in [-0.25, -0.2) is 8.42 Å². The fraction of sp³-hybridized carbons (Fsp3) is 0.417. The van der Waals surface area contributed by atoms with Crippen LogP contribution in [0, 0.1) is 10.1 Å². The van der Waals surface area contributed by atoms with Gasteiger partial charge in [-0.3, -0.25) is 24.0 Å². The lowest BCUT2D eigenvalue weighted by atomic mass is 10.1. The number of nitro groups is 1. The zero-order valence-corrected chi connectivity index (χ0v) is 21.7. The Morgan fingerprint density at radius 3 is 2.33 bits per heavy atom. The van der Waals surface area contributed by atoms with Gasteiger partial charge in [0.15, 0.2) is 0 Å². The number of amides is 2. The second kappa shape index (κ2) is 12.9. The molecule has 0 saturated heterocycles. The molecule has 0 radical (unpaired) electrons. The van der Waals surface area contributed by atoms with E-state index in [9.17, 15) is 28.1 Å². The maximum atomic E-state index is 13.6. The van der Waals surface area contributed by atoms with E-state index >= 15 is 0 Å². The lowest BCUT2D eigenvalue weighted by molar-refractivity contribution is -0.384. The summed E-state index contributed by atoms with van der Waals surface area (Å²) in [6.45, 7) is 3.52. The molecular weight excluding hydrogens is 488 g/mol. The van der Waals surface area contributed by atoms with Crippen LogP contribution in [0.1, 0.15) is 32.3 Å². The predicted octanol–water partition coefficient (Wildman–Crippen LogP) is 2.70. The fourth-order valence-corrected chi connectivity index (χ4v) is 4.43. The van der Waals surface area contributed by atoms with Crippen LogP contribution >= 0.6 is 0 Å². The van der Waals surface area contributed by atoms with Crippen molar-refractivity contribution in [3.8, 4) is 5.75 Å². The topological polar surface area (TPSA) is 139 Å². The summed E-state index contributed by atoms with van der Waals surface area (Å²) in [6.07, 6.45) is 1.93. The van der Waals surface area contributed by atoms with Crippen LogP contribution in [0.15, 0.2) is 48.5 Å². The lowest BCUT2D eigenvalue weighted by Gasteiger charge is -2.32. The van der Waals surface area contributed by atoms with Crippen molar-refractivity contribution in [3.63, 3.8) is 0 Å². The number of carbonyl (C=O) groups is 2. The van der Waals surface area contributed by atoms with E-state index < -0.39 is 33.4 Å². The Kier molecular flexibility index (Phi) is 10.2. The fourth-order valence-electron chi connectivity index (χ4n) is 3.59. The van der Waals surface area contributed by atoms with E-state index in [-0.39, 0.29) is 23.8 Å². The first kappa shape index (κ1) is 28.6. The number of hydrogen-bond acceptors (Lipinski definition) is 7. The summed E-state index contributed by atoms with van der Waals surface area (Å²) in [7, 11) is -2.46. The van der Waals surface area contributed by atoms with E-state index in [4.69, 9.17) is 4.74 Å². The summed E-state index contributed by atoms with van der Waals surface area (Å²) in [5.74, 6) is -0.345. The van der Waals surface area contributed by atoms with Crippen molar-refractivity contribution < 1.29 is 27.7 Å². The van der Waals surface area contributed by atoms with Crippen molar-refractivity contribution in [2.24, 2.45) is 0 Å². The smallest absolute Gasteiger partial charge is 0.271 e. The Balaban J connectivity index is 2.45. The molecule has 0 bridgehead atoms. The number of non-ortho nitro benzene ring substituents is 1. The van der Waals surface area contributed by atoms with Gasteiger partial charge >= 0.3 is 0 Å². The molecule has 0 spiro atoms. The average Bonchev–Trinajstić information content (AvgIpc) is 2.85. The molecule has 0 unspecified atom stereocenters. The van der Waals surface area contributed by atoms with Gasteiger partial charge in [-0.1, -0.05) is 32.0 Å². The normalized spacial score (nSPS) is 11.9. The summed E-state index contributed by atoms with van der Waals surface area (Å²) in [6, 6.07) is 11.1. The van der Waals surface area contributed by atoms with Gasteiger partial charge in [-0.05, 0) is 36.6 Å². The third-order valence-electron chi connectivity index (χ3n) is 5.45. The molecule has 0 heterocycles. The van der Waals surface area contributed by atoms with Gasteiger partial charge in [0.1, 0.15) is 18.3 Å². The SMILES string of the molecule is CCCNC(=O)[C@H](CC)N(Cc1ccc(OC)cc1)C(=O)CN(c1cccc([N+](=O)[O-])c1)S(C)(=O)=O. The summed E-state index contributed by atoms with van der Waals surface area (Å²) in [4.78, 5) is 38.4. The summed E-state index contributed by atoms with van der Waals surface area (Å²) >= 11 is 0. The number of carbonyl (C=O) groups excluding carboxylic acids is 2. The molecule has 11 nitrogen and oxygen atoms in total. The number of methoxy groups -OCH3 is 1. The molecule has 196 valence electrons. The number of hydrogen-bond donors (Lipinski definition) is 1. The van der Waals surface area contributed by atoms with Gasteiger partial charge in [-0.15, -0.1) is 0 Å². The number of ether oxygens (including phenoxy) is 1. The van der Waals surface area contributed by atoms with Crippen molar-refractivity contribution in [2.45, 2.75) is 39.3 Å². The molecule has 2 aromatic carbocycles. The van der Waals surface area contributed by atoms with Gasteiger partial charge < -0.3 is 15.0 Å². The second-order valence-electron chi connectivity index (χ2n) is 8.13. The Bertz CT molecular complexity index is 1170. The average molecular weight is 521 g/mol. The maximum Gasteiger partial charge on any atom is 0.271 e. The minimum absolute atomic E-state index is 0.0204. The number of sulfonamides is 1. The highest BCUT2D eigenvalue weighted by atomic mass is 32.2. The summed E-state index contributed by atoms with van der Waals surface area (Å²) in [5.41, 5.74) is 0.383. The van der Waals surface area contributed by atoms with E-state index in [1.165, 1.54) is 30.2 Å². The molecule has 2 aromatic rings. The quantitative estimate of drug-likeness (QED) is 0.316. The first-order chi connectivity index (χ1) is 17.0. The highest BCUT2D eigenvalue weighted by Crippen LogP contribution is 2.24. The zero-order chi connectivity index (χ0) is 26.9. The largest absolute Gasteiger partial charge is 0.497 e. The van der Waals surface area contributed by atoms with E-state index in [1.807, 2.05) is 6.92 Å². The first-order valence-corrected chi connectivity index (χ1v) is 13.3. The van der Waals surface area contributed by atoms with Crippen LogP contribution in [0.3, 0.4) is 0 Å². The lowest BCUT2D eigenvalue weighted by Crippen LogP contribution is -2.52. The van der Waals surface area contributed by atoms with Crippen LogP contribution in [0.2, 0.25) is 0 Å². The Morgan fingerprint density at radius 1 is 1.14 bits per heavy atom. The van der Waals surface area contributed by atoms with Gasteiger partial charge in [0, 0.05) is 25.2 Å². The van der Waals surface area contributed by atoms with Crippen LogP contribution in [-0.2, 0) is 26.2 Å². The molecule has 1 N–H and O–H groups in total. The van der Waals surface area contributed by atoms with Crippen LogP contribution < -0.4 is 14.4 Å². The molecular formula is C24H32N4O7S. The summed E-state index contributed by atoms with van der Waals surface area (Å²) in [5, 5.41) is 14.0. The molecule has 1 atom stereocenters. The van der Waals surface area contributed by atoms with E-state index in [2.05, 4.69) is 5.32 Å². The van der Waals surface area contributed by atoms with Crippen LogP contribution in [0.5, 0.6) is 5.75 Å². The van der Waals surface area contributed by atoms with Gasteiger partial charge in [0.2, 0.25) is 21.8 Å². The molecule has 12 heteroatoms. The van der Waals surface area contributed by atoms with E-state index in [0.29, 0.717) is 30.7 Å². The van der Waals surface area contributed by atoms with Crippen molar-refractivity contribution in [3.05, 3.63) is 64.2 Å². The van der Waals surface area contributed by atoms with Crippen molar-refractivity contribution in [1.82, 2.24) is 10.2 Å². The molecule has 0 aliphatic rings. The maximum absolute atomic E-state index is 13.6. The van der Waals surface area contributed by atoms with Gasteiger partial charge in [0.05, 0.1) is 24.0 Å². The minimum Gasteiger partial charge on any atom is -0.497 e. The van der Waals surface area contributed by atoms with Gasteiger partial charge in [-0.2, -0.15) is 0 Å². The highest BCUT2D eigenvalue weighted by Gasteiger charge is 2.32. The standard InChI is InChI=1S/C24H32N4O7S/c1-5-14-25-24(30)22(6-2)26(16-18-10-12-21(35-3)13-11-18)23(29)17-27(36(4,33)34)19-8-7-9-20(15-19)28(31)32/h7-13,15,22H,5-6,14,16-17H2,1-4H3,(H,25,30)/t22-/m0/s1. The van der Waals surface area contributed by atoms with E-state index in [0.717, 1.165) is 16.6 Å². The Labute approximate surface area is 211 Å². The Morgan fingerprint density at radius 2 is 1.81 bits per heavy atom.